The van der Waals surface area contributed by atoms with E-state index in [1.807, 2.05) is 6.07 Å². The molecule has 0 N–H and O–H groups in total. The highest BCUT2D eigenvalue weighted by Gasteiger charge is 2.52. The summed E-state index contributed by atoms with van der Waals surface area (Å²) >= 11 is 0. The Kier molecular flexibility index (Phi) is 5.12. The Labute approximate surface area is 234 Å². The minimum atomic E-state index is -0.449. The standard InChI is InChI=1S/C38H28O2/c1-25-13-8-9-18-28(25)29-20-12-22-33-36(29)40-37-34(39-33)24-23-32-35(37)30-19-10-11-21-31(30)38(32,26-14-4-2-5-15-26)27-16-6-3-7-17-27/h2-24,34,37H,1H3. The molecule has 0 bridgehead atoms. The van der Waals surface area contributed by atoms with Crippen LogP contribution >= 0.6 is 0 Å². The zero-order valence-corrected chi connectivity index (χ0v) is 22.3. The maximum absolute atomic E-state index is 7.08. The molecule has 8 rings (SSSR count). The van der Waals surface area contributed by atoms with Crippen molar-refractivity contribution in [2.24, 2.45) is 0 Å². The second kappa shape index (κ2) is 8.86. The summed E-state index contributed by atoms with van der Waals surface area (Å²) in [6.45, 7) is 2.15. The van der Waals surface area contributed by atoms with Crippen LogP contribution in [0, 0.1) is 6.92 Å². The minimum Gasteiger partial charge on any atom is -0.478 e. The zero-order valence-electron chi connectivity index (χ0n) is 22.3. The maximum atomic E-state index is 7.08. The average Bonchev–Trinajstić information content (AvgIpc) is 3.32. The fraction of sp³-hybridized carbons (Fsp3) is 0.105. The Balaban J connectivity index is 1.37. The Morgan fingerprint density at radius 3 is 1.93 bits per heavy atom. The van der Waals surface area contributed by atoms with E-state index in [1.165, 1.54) is 39.0 Å². The molecule has 1 aliphatic heterocycles. The van der Waals surface area contributed by atoms with Gasteiger partial charge in [-0.05, 0) is 58.0 Å². The van der Waals surface area contributed by atoms with Gasteiger partial charge in [0.15, 0.2) is 23.7 Å². The molecule has 2 aliphatic carbocycles. The number of hydrogen-bond donors (Lipinski definition) is 0. The van der Waals surface area contributed by atoms with E-state index in [0.717, 1.165) is 22.6 Å². The molecule has 0 amide bonds. The van der Waals surface area contributed by atoms with Crippen molar-refractivity contribution in [3.8, 4) is 22.6 Å². The molecule has 0 fully saturated rings. The van der Waals surface area contributed by atoms with E-state index < -0.39 is 5.41 Å². The Bertz CT molecular complexity index is 1770. The molecule has 2 heteroatoms. The van der Waals surface area contributed by atoms with Crippen LogP contribution in [0.4, 0.5) is 0 Å². The fourth-order valence-electron chi connectivity index (χ4n) is 7.00. The first-order valence-electron chi connectivity index (χ1n) is 13.9. The Morgan fingerprint density at radius 1 is 0.575 bits per heavy atom. The van der Waals surface area contributed by atoms with Crippen LogP contribution in [0.2, 0.25) is 0 Å². The van der Waals surface area contributed by atoms with E-state index in [-0.39, 0.29) is 12.2 Å². The highest BCUT2D eigenvalue weighted by molar-refractivity contribution is 5.91. The molecule has 3 aliphatic rings. The molecule has 5 aromatic rings. The lowest BCUT2D eigenvalue weighted by Crippen LogP contribution is -2.42. The van der Waals surface area contributed by atoms with E-state index >= 15 is 0 Å². The van der Waals surface area contributed by atoms with Gasteiger partial charge in [0.05, 0.1) is 5.41 Å². The molecule has 0 aromatic heterocycles. The molecular formula is C38H28O2. The predicted molar refractivity (Wildman–Crippen MR) is 161 cm³/mol. The molecule has 2 unspecified atom stereocenters. The van der Waals surface area contributed by atoms with Crippen molar-refractivity contribution in [2.45, 2.75) is 24.5 Å². The topological polar surface area (TPSA) is 18.5 Å². The van der Waals surface area contributed by atoms with E-state index in [4.69, 9.17) is 9.47 Å². The Hall–Kier alpha value is -4.82. The largest absolute Gasteiger partial charge is 0.478 e. The van der Waals surface area contributed by atoms with Gasteiger partial charge in [0.1, 0.15) is 0 Å². The van der Waals surface area contributed by atoms with Crippen LogP contribution in [0.25, 0.3) is 16.7 Å². The smallest absolute Gasteiger partial charge is 0.170 e. The van der Waals surface area contributed by atoms with Crippen LogP contribution in [0.1, 0.15) is 27.8 Å². The molecule has 0 saturated carbocycles. The van der Waals surface area contributed by atoms with E-state index in [1.54, 1.807) is 0 Å². The van der Waals surface area contributed by atoms with Crippen LogP contribution in [-0.2, 0) is 5.41 Å². The summed E-state index contributed by atoms with van der Waals surface area (Å²) in [6.07, 6.45) is 4.00. The lowest BCUT2D eigenvalue weighted by atomic mass is 9.66. The fourth-order valence-corrected chi connectivity index (χ4v) is 7.00. The summed E-state index contributed by atoms with van der Waals surface area (Å²) in [5.74, 6) is 1.61. The summed E-state index contributed by atoms with van der Waals surface area (Å²) in [5, 5.41) is 0. The van der Waals surface area contributed by atoms with Crippen molar-refractivity contribution in [3.63, 3.8) is 0 Å². The number of allylic oxidation sites excluding steroid dienone is 2. The lowest BCUT2D eigenvalue weighted by Gasteiger charge is -2.39. The molecule has 1 heterocycles. The van der Waals surface area contributed by atoms with Gasteiger partial charge in [0, 0.05) is 11.1 Å². The first kappa shape index (κ1) is 23.1. The molecule has 192 valence electrons. The van der Waals surface area contributed by atoms with Gasteiger partial charge in [-0.2, -0.15) is 0 Å². The summed E-state index contributed by atoms with van der Waals surface area (Å²) in [4.78, 5) is 0. The minimum absolute atomic E-state index is 0.214. The number of fused-ring (bicyclic) bond motifs is 5. The predicted octanol–water partition coefficient (Wildman–Crippen LogP) is 8.54. The first-order valence-corrected chi connectivity index (χ1v) is 13.9. The van der Waals surface area contributed by atoms with Crippen LogP contribution < -0.4 is 9.47 Å². The van der Waals surface area contributed by atoms with Gasteiger partial charge in [0.25, 0.3) is 0 Å². The van der Waals surface area contributed by atoms with Crippen molar-refractivity contribution >= 4 is 5.57 Å². The van der Waals surface area contributed by atoms with Crippen molar-refractivity contribution in [1.82, 2.24) is 0 Å². The van der Waals surface area contributed by atoms with Gasteiger partial charge in [-0.15, -0.1) is 0 Å². The number of hydrogen-bond acceptors (Lipinski definition) is 2. The molecule has 0 spiro atoms. The number of ether oxygens (including phenoxy) is 2. The third kappa shape index (κ3) is 3.17. The number of benzene rings is 5. The molecule has 5 aromatic carbocycles. The van der Waals surface area contributed by atoms with Gasteiger partial charge >= 0.3 is 0 Å². The number of para-hydroxylation sites is 1. The molecule has 0 saturated heterocycles. The van der Waals surface area contributed by atoms with Crippen molar-refractivity contribution < 1.29 is 9.47 Å². The highest BCUT2D eigenvalue weighted by Crippen LogP contribution is 2.58. The van der Waals surface area contributed by atoms with E-state index in [9.17, 15) is 0 Å². The summed E-state index contributed by atoms with van der Waals surface area (Å²) < 4.78 is 13.8. The van der Waals surface area contributed by atoms with Crippen LogP contribution in [0.3, 0.4) is 0 Å². The second-order valence-corrected chi connectivity index (χ2v) is 10.8. The molecular weight excluding hydrogens is 488 g/mol. The maximum Gasteiger partial charge on any atom is 0.170 e. The molecule has 2 atom stereocenters. The van der Waals surface area contributed by atoms with Gasteiger partial charge in [-0.3, -0.25) is 0 Å². The summed E-state index contributed by atoms with van der Waals surface area (Å²) in [5.41, 5.74) is 10.5. The average molecular weight is 517 g/mol. The lowest BCUT2D eigenvalue weighted by molar-refractivity contribution is 0.0818. The summed E-state index contributed by atoms with van der Waals surface area (Å²) in [7, 11) is 0. The SMILES string of the molecule is Cc1ccccc1-c1cccc2c1OC1C3=C(C=CC1O2)C(c1ccccc1)(c1ccccc1)c1ccccc13. The van der Waals surface area contributed by atoms with Gasteiger partial charge in [-0.1, -0.05) is 127 Å². The normalized spacial score (nSPS) is 19.5. The quantitative estimate of drug-likeness (QED) is 0.239. The number of rotatable bonds is 3. The van der Waals surface area contributed by atoms with Gasteiger partial charge in [0.2, 0.25) is 0 Å². The van der Waals surface area contributed by atoms with Crippen molar-refractivity contribution in [2.75, 3.05) is 0 Å². The summed E-state index contributed by atoms with van der Waals surface area (Å²) in [6, 6.07) is 45.3. The van der Waals surface area contributed by atoms with Gasteiger partial charge in [-0.25, -0.2) is 0 Å². The van der Waals surface area contributed by atoms with Crippen molar-refractivity contribution in [3.05, 3.63) is 173 Å². The monoisotopic (exact) mass is 516 g/mol. The van der Waals surface area contributed by atoms with Crippen molar-refractivity contribution in [1.29, 1.82) is 0 Å². The first-order chi connectivity index (χ1) is 19.8. The molecule has 0 radical (unpaired) electrons. The molecule has 2 nitrogen and oxygen atoms in total. The second-order valence-electron chi connectivity index (χ2n) is 10.8. The third-order valence-electron chi connectivity index (χ3n) is 8.69. The zero-order chi connectivity index (χ0) is 26.7. The van der Waals surface area contributed by atoms with E-state index in [2.05, 4.69) is 140 Å². The Morgan fingerprint density at radius 2 is 1.20 bits per heavy atom. The van der Waals surface area contributed by atoms with Crippen LogP contribution in [0.15, 0.2) is 145 Å². The number of aryl methyl sites for hydroxylation is 1. The van der Waals surface area contributed by atoms with Gasteiger partial charge < -0.3 is 9.47 Å². The van der Waals surface area contributed by atoms with E-state index in [0.29, 0.717) is 0 Å². The van der Waals surface area contributed by atoms with Crippen LogP contribution in [-0.4, -0.2) is 12.2 Å². The van der Waals surface area contributed by atoms with Crippen LogP contribution in [0.5, 0.6) is 11.5 Å². The highest BCUT2D eigenvalue weighted by atomic mass is 16.6. The third-order valence-corrected chi connectivity index (χ3v) is 8.69. The molecule has 40 heavy (non-hydrogen) atoms.